The third-order valence-corrected chi connectivity index (χ3v) is 1.000. The maximum atomic E-state index is 10.4. The second-order valence-electron chi connectivity index (χ2n) is 1.94. The Hall–Kier alpha value is -0.940. The van der Waals surface area contributed by atoms with E-state index in [1.807, 2.05) is 0 Å². The summed E-state index contributed by atoms with van der Waals surface area (Å²) in [5.74, 6) is -1.62. The predicted octanol–water partition coefficient (Wildman–Crippen LogP) is -2.37. The average Bonchev–Trinajstić information content (AvgIpc) is 1.87. The Balaban J connectivity index is 3.68. The number of carbonyl (C=O) groups excluding carboxylic acids is 1. The second kappa shape index (κ2) is 3.97. The standard InChI is InChI=1S/C5H9NO4/c6-4(5(9)10)1-3(8)2-7/h4,7H,1-2,6H2,(H,9,10)/p+1. The minimum Gasteiger partial charge on any atom is -0.477 e. The van der Waals surface area contributed by atoms with Crippen molar-refractivity contribution in [2.45, 2.75) is 12.5 Å². The minimum atomic E-state index is -1.12. The lowest BCUT2D eigenvalue weighted by Gasteiger charge is -1.98. The van der Waals surface area contributed by atoms with Gasteiger partial charge in [0.05, 0.1) is 6.42 Å². The summed E-state index contributed by atoms with van der Waals surface area (Å²) >= 11 is 0. The van der Waals surface area contributed by atoms with E-state index in [-0.39, 0.29) is 6.42 Å². The molecule has 5 heteroatoms. The molecular formula is C5H10NO4+. The van der Waals surface area contributed by atoms with E-state index in [9.17, 15) is 9.59 Å². The number of aliphatic hydroxyl groups excluding tert-OH is 1. The molecule has 58 valence electrons. The number of carboxylic acids is 1. The van der Waals surface area contributed by atoms with Crippen molar-refractivity contribution in [3.63, 3.8) is 0 Å². The molecule has 1 unspecified atom stereocenters. The smallest absolute Gasteiger partial charge is 0.362 e. The molecule has 0 saturated heterocycles. The molecule has 0 radical (unpaired) electrons. The molecule has 0 heterocycles. The molecule has 0 aliphatic rings. The van der Waals surface area contributed by atoms with Crippen LogP contribution >= 0.6 is 0 Å². The number of carboxylic acid groups (broad SMARTS) is 1. The van der Waals surface area contributed by atoms with Gasteiger partial charge < -0.3 is 15.9 Å². The van der Waals surface area contributed by atoms with Crippen LogP contribution in [0.5, 0.6) is 0 Å². The molecule has 5 N–H and O–H groups in total. The van der Waals surface area contributed by atoms with Crippen LogP contribution in [0.3, 0.4) is 0 Å². The predicted molar refractivity (Wildman–Crippen MR) is 31.0 cm³/mol. The molecule has 0 spiro atoms. The van der Waals surface area contributed by atoms with Gasteiger partial charge in [-0.25, -0.2) is 4.79 Å². The van der Waals surface area contributed by atoms with Crippen molar-refractivity contribution < 1.29 is 25.5 Å². The molecule has 0 bridgehead atoms. The van der Waals surface area contributed by atoms with Gasteiger partial charge in [-0.05, 0) is 0 Å². The number of carbonyl (C=O) groups is 2. The molecule has 0 aromatic carbocycles. The number of rotatable bonds is 4. The first-order valence-corrected chi connectivity index (χ1v) is 2.76. The van der Waals surface area contributed by atoms with Crippen molar-refractivity contribution in [1.29, 1.82) is 0 Å². The molecular weight excluding hydrogens is 138 g/mol. The van der Waals surface area contributed by atoms with E-state index in [0.29, 0.717) is 0 Å². The monoisotopic (exact) mass is 148 g/mol. The van der Waals surface area contributed by atoms with Crippen LogP contribution in [0, 0.1) is 0 Å². The number of aliphatic carboxylic acids is 1. The van der Waals surface area contributed by atoms with Crippen LogP contribution in [0.25, 0.3) is 0 Å². The average molecular weight is 148 g/mol. The van der Waals surface area contributed by atoms with E-state index in [1.54, 1.807) is 0 Å². The highest BCUT2D eigenvalue weighted by Gasteiger charge is 2.18. The number of quaternary nitrogens is 1. The topological polar surface area (TPSA) is 102 Å². The van der Waals surface area contributed by atoms with E-state index in [0.717, 1.165) is 0 Å². The van der Waals surface area contributed by atoms with Gasteiger partial charge in [0.25, 0.3) is 0 Å². The van der Waals surface area contributed by atoms with Gasteiger partial charge in [0.2, 0.25) is 0 Å². The van der Waals surface area contributed by atoms with E-state index >= 15 is 0 Å². The summed E-state index contributed by atoms with van der Waals surface area (Å²) in [6, 6.07) is -0.945. The molecule has 0 amide bonds. The third-order valence-electron chi connectivity index (χ3n) is 1.000. The zero-order chi connectivity index (χ0) is 8.15. The third kappa shape index (κ3) is 3.16. The van der Waals surface area contributed by atoms with Crippen molar-refractivity contribution >= 4 is 11.8 Å². The first-order valence-electron chi connectivity index (χ1n) is 2.76. The lowest BCUT2D eigenvalue weighted by atomic mass is 10.1. The number of hydrogen-bond donors (Lipinski definition) is 3. The van der Waals surface area contributed by atoms with Gasteiger partial charge in [-0.1, -0.05) is 0 Å². The van der Waals surface area contributed by atoms with Gasteiger partial charge in [0.1, 0.15) is 6.61 Å². The molecule has 0 fully saturated rings. The highest BCUT2D eigenvalue weighted by molar-refractivity contribution is 5.85. The summed E-state index contributed by atoms with van der Waals surface area (Å²) in [5, 5.41) is 16.4. The Bertz CT molecular complexity index is 145. The molecule has 0 saturated carbocycles. The first-order chi connectivity index (χ1) is 4.57. The molecule has 0 aliphatic heterocycles. The summed E-state index contributed by atoms with van der Waals surface area (Å²) in [6.45, 7) is -0.612. The van der Waals surface area contributed by atoms with Crippen LogP contribution < -0.4 is 5.73 Å². The lowest BCUT2D eigenvalue weighted by molar-refractivity contribution is -0.406. The summed E-state index contributed by atoms with van der Waals surface area (Å²) in [5.41, 5.74) is 3.19. The number of ketones is 1. The maximum absolute atomic E-state index is 10.4. The van der Waals surface area contributed by atoms with Crippen LogP contribution in [-0.4, -0.2) is 34.6 Å². The Labute approximate surface area is 57.5 Å². The summed E-state index contributed by atoms with van der Waals surface area (Å²) in [6.07, 6.45) is -0.203. The fourth-order valence-electron chi connectivity index (χ4n) is 0.427. The van der Waals surface area contributed by atoms with E-state index in [1.165, 1.54) is 0 Å². The summed E-state index contributed by atoms with van der Waals surface area (Å²) in [7, 11) is 0. The Morgan fingerprint density at radius 2 is 2.00 bits per heavy atom. The number of hydrogen-bond acceptors (Lipinski definition) is 3. The molecule has 5 nitrogen and oxygen atoms in total. The molecule has 0 aromatic rings. The quantitative estimate of drug-likeness (QED) is 0.414. The summed E-state index contributed by atoms with van der Waals surface area (Å²) < 4.78 is 0. The summed E-state index contributed by atoms with van der Waals surface area (Å²) in [4.78, 5) is 20.4. The van der Waals surface area contributed by atoms with Crippen LogP contribution in [0.15, 0.2) is 0 Å². The Kier molecular flexibility index (Phi) is 3.60. The zero-order valence-corrected chi connectivity index (χ0v) is 5.41. The van der Waals surface area contributed by atoms with Crippen molar-refractivity contribution in [2.24, 2.45) is 0 Å². The number of Topliss-reactive ketones (excluding diaryl/α,β-unsaturated/α-hetero) is 1. The SMILES string of the molecule is [NH3+]C(CC(=O)CO)C(=O)O. The van der Waals surface area contributed by atoms with Crippen LogP contribution in [0.2, 0.25) is 0 Å². The van der Waals surface area contributed by atoms with Crippen molar-refractivity contribution in [1.82, 2.24) is 0 Å². The van der Waals surface area contributed by atoms with Gasteiger partial charge in [0.15, 0.2) is 11.8 Å². The largest absolute Gasteiger partial charge is 0.477 e. The second-order valence-corrected chi connectivity index (χ2v) is 1.94. The zero-order valence-electron chi connectivity index (χ0n) is 5.41. The van der Waals surface area contributed by atoms with Gasteiger partial charge in [-0.15, -0.1) is 0 Å². The molecule has 10 heavy (non-hydrogen) atoms. The Morgan fingerprint density at radius 1 is 1.50 bits per heavy atom. The van der Waals surface area contributed by atoms with Gasteiger partial charge in [-0.2, -0.15) is 0 Å². The first kappa shape index (κ1) is 9.06. The van der Waals surface area contributed by atoms with E-state index in [4.69, 9.17) is 10.2 Å². The molecule has 0 aliphatic carbocycles. The van der Waals surface area contributed by atoms with Gasteiger partial charge >= 0.3 is 5.97 Å². The van der Waals surface area contributed by atoms with Gasteiger partial charge in [-0.3, -0.25) is 4.79 Å². The van der Waals surface area contributed by atoms with Crippen LogP contribution in [-0.2, 0) is 9.59 Å². The van der Waals surface area contributed by atoms with Crippen molar-refractivity contribution in [3.05, 3.63) is 0 Å². The van der Waals surface area contributed by atoms with Gasteiger partial charge in [0, 0.05) is 0 Å². The fourth-order valence-corrected chi connectivity index (χ4v) is 0.427. The van der Waals surface area contributed by atoms with Crippen LogP contribution in [0.4, 0.5) is 0 Å². The Morgan fingerprint density at radius 3 is 2.30 bits per heavy atom. The van der Waals surface area contributed by atoms with E-state index < -0.39 is 24.4 Å². The van der Waals surface area contributed by atoms with Crippen molar-refractivity contribution in [3.8, 4) is 0 Å². The van der Waals surface area contributed by atoms with Crippen LogP contribution in [0.1, 0.15) is 6.42 Å². The van der Waals surface area contributed by atoms with Crippen molar-refractivity contribution in [2.75, 3.05) is 6.61 Å². The lowest BCUT2D eigenvalue weighted by Crippen LogP contribution is -2.65. The molecule has 0 rings (SSSR count). The molecule has 0 aromatic heterocycles. The highest BCUT2D eigenvalue weighted by atomic mass is 16.4. The number of aliphatic hydroxyl groups is 1. The molecule has 1 atom stereocenters. The minimum absolute atomic E-state index is 0.203. The fraction of sp³-hybridized carbons (Fsp3) is 0.600. The highest BCUT2D eigenvalue weighted by Crippen LogP contribution is 1.86. The normalized spacial score (nSPS) is 12.6. The van der Waals surface area contributed by atoms with E-state index in [2.05, 4.69) is 5.73 Å². The maximum Gasteiger partial charge on any atom is 0.362 e.